The van der Waals surface area contributed by atoms with Crippen molar-refractivity contribution in [1.29, 1.82) is 0 Å². The summed E-state index contributed by atoms with van der Waals surface area (Å²) in [4.78, 5) is 10.3. The van der Waals surface area contributed by atoms with Crippen LogP contribution >= 0.6 is 0 Å². The summed E-state index contributed by atoms with van der Waals surface area (Å²) >= 11 is -2.61. The predicted octanol–water partition coefficient (Wildman–Crippen LogP) is 0.123. The summed E-state index contributed by atoms with van der Waals surface area (Å²) in [6.07, 6.45) is 0. The molecule has 0 saturated carbocycles. The van der Waals surface area contributed by atoms with Crippen molar-refractivity contribution >= 4 is 46.9 Å². The predicted molar refractivity (Wildman–Crippen MR) is 55.6 cm³/mol. The van der Waals surface area contributed by atoms with Crippen LogP contribution in [0.3, 0.4) is 0 Å². The second-order valence-corrected chi connectivity index (χ2v) is 2.51. The van der Waals surface area contributed by atoms with Crippen LogP contribution in [-0.2, 0) is 11.4 Å². The summed E-state index contributed by atoms with van der Waals surface area (Å²) in [7, 11) is 0. The molecule has 0 heterocycles. The normalized spacial score (nSPS) is 8.47. The summed E-state index contributed by atoms with van der Waals surface area (Å²) in [6.45, 7) is 0. The number of para-hydroxylation sites is 1. The fraction of sp³-hybridized carbons (Fsp3) is 0. The average molecular weight is 244 g/mol. The van der Waals surface area contributed by atoms with Crippen molar-refractivity contribution in [3.05, 3.63) is 29.8 Å². The summed E-state index contributed by atoms with van der Waals surface area (Å²) in [5.41, 5.74) is -0.0671. The molecule has 1 rings (SSSR count). The summed E-state index contributed by atoms with van der Waals surface area (Å²) < 4.78 is 22.8. The second kappa shape index (κ2) is 8.84. The van der Waals surface area contributed by atoms with Gasteiger partial charge in [-0.1, -0.05) is 12.1 Å². The van der Waals surface area contributed by atoms with E-state index in [1.807, 2.05) is 0 Å². The molecule has 0 unspecified atom stereocenters. The fourth-order valence-corrected chi connectivity index (χ4v) is 0.654. The van der Waals surface area contributed by atoms with E-state index in [1.165, 1.54) is 12.1 Å². The van der Waals surface area contributed by atoms with Gasteiger partial charge in [0.2, 0.25) is 0 Å². The molecule has 1 aromatic carbocycles. The van der Waals surface area contributed by atoms with E-state index >= 15 is 0 Å². The van der Waals surface area contributed by atoms with Crippen LogP contribution in [0, 0.1) is 0 Å². The molecule has 0 aliphatic rings. The Morgan fingerprint density at radius 1 is 1.20 bits per heavy atom. The Bertz CT molecular complexity index is 338. The van der Waals surface area contributed by atoms with E-state index in [4.69, 9.17) is 23.5 Å². The van der Waals surface area contributed by atoms with E-state index < -0.39 is 17.3 Å². The summed E-state index contributed by atoms with van der Waals surface area (Å²) in [5.74, 6) is -1.31. The van der Waals surface area contributed by atoms with E-state index in [1.54, 1.807) is 12.1 Å². The molecule has 8 heteroatoms. The SMILES string of the molecule is O=C(O)c1ccccc1O.O=S(O)O.[NaH]. The van der Waals surface area contributed by atoms with Gasteiger partial charge in [0, 0.05) is 0 Å². The zero-order chi connectivity index (χ0) is 11.1. The van der Waals surface area contributed by atoms with Crippen LogP contribution in [0.2, 0.25) is 0 Å². The zero-order valence-electron chi connectivity index (χ0n) is 6.82. The van der Waals surface area contributed by atoms with E-state index in [-0.39, 0.29) is 40.9 Å². The molecule has 0 atom stereocenters. The number of carbonyl (C=O) groups is 1. The Balaban J connectivity index is 0. The third-order valence-corrected chi connectivity index (χ3v) is 1.13. The molecule has 80 valence electrons. The van der Waals surface area contributed by atoms with E-state index in [9.17, 15) is 4.79 Å². The first-order chi connectivity index (χ1) is 6.45. The number of rotatable bonds is 1. The van der Waals surface area contributed by atoms with Crippen molar-refractivity contribution in [2.24, 2.45) is 0 Å². The van der Waals surface area contributed by atoms with Crippen LogP contribution in [0.1, 0.15) is 10.4 Å². The van der Waals surface area contributed by atoms with Crippen LogP contribution in [0.5, 0.6) is 5.75 Å². The van der Waals surface area contributed by atoms with Gasteiger partial charge in [0.1, 0.15) is 11.3 Å². The molecule has 15 heavy (non-hydrogen) atoms. The molecular formula is C7H9NaO6S. The van der Waals surface area contributed by atoms with Crippen LogP contribution in [-0.4, -0.2) is 59.1 Å². The third kappa shape index (κ3) is 8.55. The first kappa shape index (κ1) is 17.0. The van der Waals surface area contributed by atoms with Crippen LogP contribution in [0.25, 0.3) is 0 Å². The molecule has 0 amide bonds. The fourth-order valence-electron chi connectivity index (χ4n) is 0.654. The molecule has 0 aliphatic heterocycles. The number of aromatic hydroxyl groups is 1. The van der Waals surface area contributed by atoms with Gasteiger partial charge in [-0.25, -0.2) is 4.79 Å². The number of phenols is 1. The molecule has 1 aromatic rings. The molecule has 0 fully saturated rings. The maximum atomic E-state index is 10.3. The van der Waals surface area contributed by atoms with E-state index in [0.29, 0.717) is 0 Å². The topological polar surface area (TPSA) is 115 Å². The van der Waals surface area contributed by atoms with Crippen molar-refractivity contribution in [3.63, 3.8) is 0 Å². The Kier molecular flexibility index (Phi) is 10.00. The summed E-state index contributed by atoms with van der Waals surface area (Å²) in [6, 6.07) is 5.81. The van der Waals surface area contributed by atoms with Gasteiger partial charge in [-0.2, -0.15) is 4.21 Å². The first-order valence-corrected chi connectivity index (χ1v) is 4.32. The standard InChI is InChI=1S/C7H6O3.Na.H2O3S.H/c8-6-4-2-1-3-5(6)7(9)10;;1-4(2)3;/h1-4,8H,(H,9,10);;(H2,1,2,3);. The molecule has 4 N–H and O–H groups in total. The molecule has 0 radical (unpaired) electrons. The Hall–Kier alpha value is -0.440. The van der Waals surface area contributed by atoms with Gasteiger partial charge in [-0.3, -0.25) is 9.11 Å². The number of benzene rings is 1. The van der Waals surface area contributed by atoms with Gasteiger partial charge in [0.15, 0.2) is 0 Å². The van der Waals surface area contributed by atoms with Crippen LogP contribution in [0.4, 0.5) is 0 Å². The minimum absolute atomic E-state index is 0. The molecule has 0 spiro atoms. The Morgan fingerprint density at radius 2 is 1.60 bits per heavy atom. The molecule has 0 bridgehead atoms. The third-order valence-electron chi connectivity index (χ3n) is 1.13. The quantitative estimate of drug-likeness (QED) is 0.412. The van der Waals surface area contributed by atoms with Gasteiger partial charge < -0.3 is 10.2 Å². The molecule has 0 saturated heterocycles. The van der Waals surface area contributed by atoms with E-state index in [2.05, 4.69) is 0 Å². The van der Waals surface area contributed by atoms with Crippen molar-refractivity contribution in [1.82, 2.24) is 0 Å². The zero-order valence-corrected chi connectivity index (χ0v) is 7.64. The maximum absolute atomic E-state index is 10.3. The Morgan fingerprint density at radius 3 is 1.87 bits per heavy atom. The van der Waals surface area contributed by atoms with E-state index in [0.717, 1.165) is 0 Å². The average Bonchev–Trinajstić information content (AvgIpc) is 2.03. The number of hydrogen-bond donors (Lipinski definition) is 4. The van der Waals surface area contributed by atoms with Crippen LogP contribution in [0.15, 0.2) is 24.3 Å². The van der Waals surface area contributed by atoms with Gasteiger partial charge in [-0.05, 0) is 12.1 Å². The van der Waals surface area contributed by atoms with Crippen molar-refractivity contribution in [3.8, 4) is 5.75 Å². The monoisotopic (exact) mass is 244 g/mol. The van der Waals surface area contributed by atoms with Crippen molar-refractivity contribution in [2.45, 2.75) is 0 Å². The van der Waals surface area contributed by atoms with Gasteiger partial charge >= 0.3 is 35.5 Å². The summed E-state index contributed by atoms with van der Waals surface area (Å²) in [5, 5.41) is 17.3. The van der Waals surface area contributed by atoms with Gasteiger partial charge in [0.25, 0.3) is 11.4 Å². The number of carboxylic acids is 1. The first-order valence-electron chi connectivity index (χ1n) is 3.26. The minimum atomic E-state index is -2.61. The molecule has 6 nitrogen and oxygen atoms in total. The molecular weight excluding hydrogens is 235 g/mol. The molecule has 0 aromatic heterocycles. The van der Waals surface area contributed by atoms with Gasteiger partial charge in [-0.15, -0.1) is 0 Å². The van der Waals surface area contributed by atoms with Gasteiger partial charge in [0.05, 0.1) is 0 Å². The van der Waals surface area contributed by atoms with Crippen molar-refractivity contribution < 1.29 is 28.3 Å². The number of aromatic carboxylic acids is 1. The number of carboxylic acid groups (broad SMARTS) is 1. The van der Waals surface area contributed by atoms with Crippen molar-refractivity contribution in [2.75, 3.05) is 0 Å². The molecule has 0 aliphatic carbocycles. The second-order valence-electron chi connectivity index (χ2n) is 2.05. The Labute approximate surface area is 110 Å². The van der Waals surface area contributed by atoms with Crippen LogP contribution < -0.4 is 0 Å². The number of hydrogen-bond acceptors (Lipinski definition) is 3.